The average molecular weight is 412 g/mol. The summed E-state index contributed by atoms with van der Waals surface area (Å²) in [6.45, 7) is 6.59. The number of hydrogen-bond donors (Lipinski definition) is 2. The van der Waals surface area contributed by atoms with Crippen LogP contribution >= 0.6 is 0 Å². The van der Waals surface area contributed by atoms with Gasteiger partial charge in [-0.1, -0.05) is 6.92 Å². The van der Waals surface area contributed by atoms with E-state index < -0.39 is 0 Å². The van der Waals surface area contributed by atoms with Gasteiger partial charge in [-0.2, -0.15) is 5.10 Å². The van der Waals surface area contributed by atoms with Gasteiger partial charge < -0.3 is 10.6 Å². The first-order chi connectivity index (χ1) is 14.3. The standard InChI is InChI=1S/C21H28N6O3/c1-5-26(13-19(29)23-17-8-6-16(7-9-17)22-15(3)28)18-10-11-27(21(18)30)20-12-14(2)24-25(20)4/h6-9,12,18H,5,10-11,13H2,1-4H3,(H,22,28)(H,23,29). The molecule has 30 heavy (non-hydrogen) atoms. The van der Waals surface area contributed by atoms with E-state index in [9.17, 15) is 14.4 Å². The van der Waals surface area contributed by atoms with Crippen LogP contribution in [-0.4, -0.2) is 58.1 Å². The number of nitrogens with zero attached hydrogens (tertiary/aromatic N) is 4. The van der Waals surface area contributed by atoms with Crippen LogP contribution in [0.4, 0.5) is 17.2 Å². The zero-order valence-corrected chi connectivity index (χ0v) is 17.8. The number of hydrogen-bond acceptors (Lipinski definition) is 5. The molecule has 0 aliphatic carbocycles. The lowest BCUT2D eigenvalue weighted by Gasteiger charge is -2.26. The smallest absolute Gasteiger partial charge is 0.245 e. The van der Waals surface area contributed by atoms with E-state index in [0.717, 1.165) is 11.5 Å². The van der Waals surface area contributed by atoms with Crippen LogP contribution in [-0.2, 0) is 21.4 Å². The predicted molar refractivity (Wildman–Crippen MR) is 115 cm³/mol. The van der Waals surface area contributed by atoms with E-state index in [2.05, 4.69) is 15.7 Å². The molecule has 2 heterocycles. The molecule has 3 rings (SSSR count). The van der Waals surface area contributed by atoms with Gasteiger partial charge >= 0.3 is 0 Å². The summed E-state index contributed by atoms with van der Waals surface area (Å²) in [7, 11) is 1.82. The number of nitrogens with one attached hydrogen (secondary N) is 2. The van der Waals surface area contributed by atoms with Crippen LogP contribution in [0, 0.1) is 6.92 Å². The summed E-state index contributed by atoms with van der Waals surface area (Å²) in [6.07, 6.45) is 0.662. The van der Waals surface area contributed by atoms with Crippen molar-refractivity contribution in [3.05, 3.63) is 36.0 Å². The molecule has 0 bridgehead atoms. The summed E-state index contributed by atoms with van der Waals surface area (Å²) in [5, 5.41) is 9.85. The Bertz CT molecular complexity index is 937. The number of carbonyl (C=O) groups is 3. The van der Waals surface area contributed by atoms with Crippen molar-refractivity contribution in [3.63, 3.8) is 0 Å². The highest BCUT2D eigenvalue weighted by Gasteiger charge is 2.37. The van der Waals surface area contributed by atoms with Gasteiger partial charge in [0, 0.05) is 38.0 Å². The van der Waals surface area contributed by atoms with Gasteiger partial charge in [0.05, 0.1) is 18.3 Å². The van der Waals surface area contributed by atoms with Crippen LogP contribution in [0.3, 0.4) is 0 Å². The molecule has 9 heteroatoms. The highest BCUT2D eigenvalue weighted by atomic mass is 16.2. The number of anilines is 3. The summed E-state index contributed by atoms with van der Waals surface area (Å²) < 4.78 is 1.71. The van der Waals surface area contributed by atoms with Gasteiger partial charge in [-0.3, -0.25) is 28.9 Å². The minimum Gasteiger partial charge on any atom is -0.326 e. The Labute approximate surface area is 176 Å². The molecule has 1 aromatic heterocycles. The normalized spacial score (nSPS) is 16.2. The summed E-state index contributed by atoms with van der Waals surface area (Å²) in [6, 6.07) is 8.47. The highest BCUT2D eigenvalue weighted by Crippen LogP contribution is 2.25. The van der Waals surface area contributed by atoms with E-state index in [1.807, 2.05) is 31.9 Å². The van der Waals surface area contributed by atoms with Crippen molar-refractivity contribution in [1.29, 1.82) is 0 Å². The molecule has 2 aromatic rings. The largest absolute Gasteiger partial charge is 0.326 e. The highest BCUT2D eigenvalue weighted by molar-refractivity contribution is 5.99. The molecule has 0 spiro atoms. The third-order valence-electron chi connectivity index (χ3n) is 5.11. The molecule has 2 N–H and O–H groups in total. The maximum atomic E-state index is 13.0. The van der Waals surface area contributed by atoms with Gasteiger partial charge in [0.25, 0.3) is 0 Å². The molecule has 160 valence electrons. The van der Waals surface area contributed by atoms with E-state index in [4.69, 9.17) is 0 Å². The maximum Gasteiger partial charge on any atom is 0.245 e. The second-order valence-electron chi connectivity index (χ2n) is 7.43. The molecule has 0 radical (unpaired) electrons. The molecule has 1 fully saturated rings. The molecule has 1 unspecified atom stereocenters. The van der Waals surface area contributed by atoms with Crippen LogP contribution in [0.25, 0.3) is 0 Å². The number of aromatic nitrogens is 2. The lowest BCUT2D eigenvalue weighted by molar-refractivity contribution is -0.123. The van der Waals surface area contributed by atoms with Crippen molar-refractivity contribution in [2.45, 2.75) is 33.2 Å². The van der Waals surface area contributed by atoms with Crippen molar-refractivity contribution in [3.8, 4) is 0 Å². The minimum atomic E-state index is -0.335. The molecule has 1 atom stereocenters. The number of aryl methyl sites for hydroxylation is 2. The quantitative estimate of drug-likeness (QED) is 0.722. The Balaban J connectivity index is 1.61. The average Bonchev–Trinajstić information content (AvgIpc) is 3.22. The summed E-state index contributed by atoms with van der Waals surface area (Å²) >= 11 is 0. The lowest BCUT2D eigenvalue weighted by atomic mass is 10.2. The SMILES string of the molecule is CCN(CC(=O)Nc1ccc(NC(C)=O)cc1)C1CCN(c2cc(C)nn2C)C1=O. The first-order valence-electron chi connectivity index (χ1n) is 10.0. The second kappa shape index (κ2) is 9.08. The van der Waals surface area contributed by atoms with Gasteiger partial charge in [-0.25, -0.2) is 0 Å². The van der Waals surface area contributed by atoms with Gasteiger partial charge in [-0.05, 0) is 44.2 Å². The van der Waals surface area contributed by atoms with Crippen molar-refractivity contribution < 1.29 is 14.4 Å². The monoisotopic (exact) mass is 412 g/mol. The van der Waals surface area contributed by atoms with Crippen LogP contribution in [0.2, 0.25) is 0 Å². The van der Waals surface area contributed by atoms with E-state index in [-0.39, 0.29) is 30.3 Å². The van der Waals surface area contributed by atoms with E-state index in [1.54, 1.807) is 33.8 Å². The molecule has 0 saturated carbocycles. The van der Waals surface area contributed by atoms with Crippen molar-refractivity contribution in [2.75, 3.05) is 35.2 Å². The summed E-state index contributed by atoms with van der Waals surface area (Å²) in [5.41, 5.74) is 2.16. The molecule has 1 aliphatic heterocycles. The summed E-state index contributed by atoms with van der Waals surface area (Å²) in [4.78, 5) is 40.3. The van der Waals surface area contributed by atoms with Gasteiger partial charge in [-0.15, -0.1) is 0 Å². The molecule has 1 aromatic carbocycles. The predicted octanol–water partition coefficient (Wildman–Crippen LogP) is 1.75. The fourth-order valence-electron chi connectivity index (χ4n) is 3.75. The zero-order chi connectivity index (χ0) is 21.8. The topological polar surface area (TPSA) is 99.6 Å². The minimum absolute atomic E-state index is 0.00712. The Morgan fingerprint density at radius 1 is 1.20 bits per heavy atom. The molecule has 1 aliphatic rings. The maximum absolute atomic E-state index is 13.0. The fraction of sp³-hybridized carbons (Fsp3) is 0.429. The van der Waals surface area contributed by atoms with E-state index in [0.29, 0.717) is 30.9 Å². The second-order valence-corrected chi connectivity index (χ2v) is 7.43. The Morgan fingerprint density at radius 2 is 1.83 bits per heavy atom. The first-order valence-corrected chi connectivity index (χ1v) is 10.0. The number of likely N-dealkylation sites (N-methyl/N-ethyl adjacent to an activating group) is 1. The Kier molecular flexibility index (Phi) is 6.51. The third kappa shape index (κ3) is 4.85. The van der Waals surface area contributed by atoms with Crippen LogP contribution < -0.4 is 15.5 Å². The lowest BCUT2D eigenvalue weighted by Crippen LogP contribution is -2.45. The van der Waals surface area contributed by atoms with E-state index in [1.165, 1.54) is 6.92 Å². The van der Waals surface area contributed by atoms with Crippen molar-refractivity contribution >= 4 is 34.9 Å². The number of amides is 3. The third-order valence-corrected chi connectivity index (χ3v) is 5.11. The number of rotatable bonds is 7. The Morgan fingerprint density at radius 3 is 2.37 bits per heavy atom. The van der Waals surface area contributed by atoms with Crippen molar-refractivity contribution in [2.24, 2.45) is 7.05 Å². The van der Waals surface area contributed by atoms with Gasteiger partial charge in [0.2, 0.25) is 17.7 Å². The first kappa shape index (κ1) is 21.5. The number of carbonyl (C=O) groups excluding carboxylic acids is 3. The molecule has 3 amide bonds. The molecular formula is C21H28N6O3. The Hall–Kier alpha value is -3.20. The van der Waals surface area contributed by atoms with Gasteiger partial charge in [0.1, 0.15) is 5.82 Å². The number of benzene rings is 1. The molecule has 9 nitrogen and oxygen atoms in total. The van der Waals surface area contributed by atoms with Crippen LogP contribution in [0.15, 0.2) is 30.3 Å². The molecular weight excluding hydrogens is 384 g/mol. The van der Waals surface area contributed by atoms with E-state index >= 15 is 0 Å². The summed E-state index contributed by atoms with van der Waals surface area (Å²) in [5.74, 6) is 0.431. The van der Waals surface area contributed by atoms with Crippen LogP contribution in [0.5, 0.6) is 0 Å². The fourth-order valence-corrected chi connectivity index (χ4v) is 3.75. The zero-order valence-electron chi connectivity index (χ0n) is 17.8. The van der Waals surface area contributed by atoms with Crippen molar-refractivity contribution in [1.82, 2.24) is 14.7 Å². The van der Waals surface area contributed by atoms with Gasteiger partial charge in [0.15, 0.2) is 0 Å². The molecule has 1 saturated heterocycles. The van der Waals surface area contributed by atoms with Crippen LogP contribution in [0.1, 0.15) is 26.0 Å².